The van der Waals surface area contributed by atoms with Gasteiger partial charge in [0.15, 0.2) is 5.65 Å². The molecule has 7 atom stereocenters. The van der Waals surface area contributed by atoms with Crippen LogP contribution in [-0.4, -0.2) is 26.8 Å². The summed E-state index contributed by atoms with van der Waals surface area (Å²) in [6.07, 6.45) is 11.8. The van der Waals surface area contributed by atoms with Crippen molar-refractivity contribution in [1.82, 2.24) is 14.8 Å². The number of fused-ring (bicyclic) bond motifs is 8. The van der Waals surface area contributed by atoms with E-state index < -0.39 is 0 Å². The van der Waals surface area contributed by atoms with Crippen molar-refractivity contribution in [2.24, 2.45) is 29.1 Å². The van der Waals surface area contributed by atoms with Crippen LogP contribution in [0.3, 0.4) is 0 Å². The average Bonchev–Trinajstić information content (AvgIpc) is 3.29. The van der Waals surface area contributed by atoms with Crippen molar-refractivity contribution in [3.8, 4) is 0 Å². The normalized spacial score (nSPS) is 40.3. The SMILES string of the molecule is CCn1ncc2cc3c(nc21)[C@@]1(C)CC[C@H]2[C@@H](CC[C@H]4C[C@@H](OC(C)=O)CC[C@@]42C)[C@@H]1C3. The van der Waals surface area contributed by atoms with Gasteiger partial charge in [0.2, 0.25) is 0 Å². The molecule has 0 unspecified atom stereocenters. The highest BCUT2D eigenvalue weighted by molar-refractivity contribution is 5.76. The number of hydrogen-bond donors (Lipinski definition) is 0. The molecule has 4 aliphatic carbocycles. The minimum absolute atomic E-state index is 0.115. The van der Waals surface area contributed by atoms with Crippen LogP contribution in [-0.2, 0) is 27.9 Å². The van der Waals surface area contributed by atoms with Crippen molar-refractivity contribution < 1.29 is 9.53 Å². The molecule has 2 aromatic rings. The van der Waals surface area contributed by atoms with Crippen LogP contribution in [0.5, 0.6) is 0 Å². The van der Waals surface area contributed by atoms with E-state index in [1.54, 1.807) is 6.92 Å². The van der Waals surface area contributed by atoms with E-state index in [1.807, 2.05) is 10.9 Å². The molecule has 32 heavy (non-hydrogen) atoms. The van der Waals surface area contributed by atoms with Gasteiger partial charge in [0, 0.05) is 24.3 Å². The van der Waals surface area contributed by atoms with Crippen LogP contribution in [0.2, 0.25) is 0 Å². The van der Waals surface area contributed by atoms with Gasteiger partial charge in [0.05, 0.1) is 11.9 Å². The minimum atomic E-state index is -0.115. The topological polar surface area (TPSA) is 57.0 Å². The Morgan fingerprint density at radius 1 is 1.19 bits per heavy atom. The zero-order valence-corrected chi connectivity index (χ0v) is 20.1. The zero-order valence-electron chi connectivity index (χ0n) is 20.1. The fourth-order valence-corrected chi connectivity index (χ4v) is 8.72. The fraction of sp³-hybridized carbons (Fsp3) is 0.741. The first-order valence-electron chi connectivity index (χ1n) is 12.9. The van der Waals surface area contributed by atoms with E-state index in [4.69, 9.17) is 9.72 Å². The number of aryl methyl sites for hydroxylation is 1. The number of ether oxygens (including phenoxy) is 1. The van der Waals surface area contributed by atoms with Gasteiger partial charge in [-0.2, -0.15) is 5.10 Å². The number of aromatic nitrogens is 3. The van der Waals surface area contributed by atoms with Gasteiger partial charge in [-0.1, -0.05) is 13.8 Å². The maximum Gasteiger partial charge on any atom is 0.302 e. The van der Waals surface area contributed by atoms with E-state index in [2.05, 4.69) is 31.9 Å². The summed E-state index contributed by atoms with van der Waals surface area (Å²) in [5.74, 6) is 2.89. The predicted molar refractivity (Wildman–Crippen MR) is 124 cm³/mol. The van der Waals surface area contributed by atoms with Crippen LogP contribution in [0.15, 0.2) is 12.3 Å². The van der Waals surface area contributed by atoms with Crippen LogP contribution >= 0.6 is 0 Å². The third kappa shape index (κ3) is 2.78. The van der Waals surface area contributed by atoms with Crippen molar-refractivity contribution >= 4 is 17.0 Å². The maximum absolute atomic E-state index is 11.5. The van der Waals surface area contributed by atoms with Gasteiger partial charge in [-0.05, 0) is 99.0 Å². The largest absolute Gasteiger partial charge is 0.463 e. The Bertz CT molecular complexity index is 1080. The van der Waals surface area contributed by atoms with Gasteiger partial charge in [-0.25, -0.2) is 9.67 Å². The number of nitrogens with zero attached hydrogens (tertiary/aromatic N) is 3. The van der Waals surface area contributed by atoms with Crippen LogP contribution in [0, 0.1) is 29.1 Å². The molecule has 5 nitrogen and oxygen atoms in total. The first kappa shape index (κ1) is 20.7. The zero-order chi connectivity index (χ0) is 22.3. The number of rotatable bonds is 2. The van der Waals surface area contributed by atoms with E-state index in [0.29, 0.717) is 17.3 Å². The average molecular weight is 436 g/mol. The van der Waals surface area contributed by atoms with E-state index in [9.17, 15) is 4.79 Å². The van der Waals surface area contributed by atoms with Crippen LogP contribution in [0.4, 0.5) is 0 Å². The lowest BCUT2D eigenvalue weighted by Crippen LogP contribution is -2.54. The second-order valence-electron chi connectivity index (χ2n) is 11.7. The quantitative estimate of drug-likeness (QED) is 0.590. The molecule has 0 amide bonds. The molecule has 0 saturated heterocycles. The number of carbonyl (C=O) groups excluding carboxylic acids is 1. The number of pyridine rings is 1. The Morgan fingerprint density at radius 2 is 2.03 bits per heavy atom. The van der Waals surface area contributed by atoms with Gasteiger partial charge >= 0.3 is 5.97 Å². The molecule has 0 aromatic carbocycles. The molecular weight excluding hydrogens is 398 g/mol. The van der Waals surface area contributed by atoms with Crippen LogP contribution < -0.4 is 0 Å². The summed E-state index contributed by atoms with van der Waals surface area (Å²) in [7, 11) is 0. The Morgan fingerprint density at radius 3 is 2.81 bits per heavy atom. The van der Waals surface area contributed by atoms with Crippen molar-refractivity contribution in [3.05, 3.63) is 23.5 Å². The molecule has 3 fully saturated rings. The van der Waals surface area contributed by atoms with Gasteiger partial charge in [-0.3, -0.25) is 4.79 Å². The summed E-state index contributed by atoms with van der Waals surface area (Å²) in [5, 5.41) is 5.75. The molecule has 0 spiro atoms. The summed E-state index contributed by atoms with van der Waals surface area (Å²) in [6.45, 7) is 9.66. The lowest BCUT2D eigenvalue weighted by Gasteiger charge is -2.60. The third-order valence-electron chi connectivity index (χ3n) is 10.3. The van der Waals surface area contributed by atoms with Crippen molar-refractivity contribution in [2.75, 3.05) is 0 Å². The van der Waals surface area contributed by atoms with Gasteiger partial charge in [0.25, 0.3) is 0 Å². The van der Waals surface area contributed by atoms with Crippen molar-refractivity contribution in [1.29, 1.82) is 0 Å². The summed E-state index contributed by atoms with van der Waals surface area (Å²) < 4.78 is 7.69. The predicted octanol–water partition coefficient (Wildman–Crippen LogP) is 5.44. The Hall–Kier alpha value is -1.91. The summed E-state index contributed by atoms with van der Waals surface area (Å²) in [4.78, 5) is 16.8. The maximum atomic E-state index is 11.5. The van der Waals surface area contributed by atoms with E-state index in [0.717, 1.165) is 36.9 Å². The smallest absolute Gasteiger partial charge is 0.302 e. The lowest BCUT2D eigenvalue weighted by molar-refractivity contribution is -0.157. The first-order chi connectivity index (χ1) is 15.3. The molecule has 0 N–H and O–H groups in total. The molecule has 6 rings (SSSR count). The standard InChI is InChI=1S/C27H37N3O2/c1-5-30-25-18(15-28-30)12-17-13-23-21-7-6-19-14-20(32-16(2)31)8-10-26(19,3)22(21)9-11-27(23,4)24(17)29-25/h12,15,19-23H,5-11,13-14H2,1-4H3/t19-,20-,21+,22-,23-,26-,27-/m0/s1. The second kappa shape index (κ2) is 7.04. The van der Waals surface area contributed by atoms with E-state index in [1.165, 1.54) is 55.2 Å². The summed E-state index contributed by atoms with van der Waals surface area (Å²) in [6, 6.07) is 2.40. The molecule has 0 bridgehead atoms. The molecule has 0 aliphatic heterocycles. The lowest BCUT2D eigenvalue weighted by atomic mass is 9.45. The number of esters is 1. The molecular formula is C27H37N3O2. The van der Waals surface area contributed by atoms with Crippen LogP contribution in [0.1, 0.15) is 83.9 Å². The molecule has 0 radical (unpaired) electrons. The Balaban J connectivity index is 1.30. The Labute approximate surface area is 191 Å². The second-order valence-corrected chi connectivity index (χ2v) is 11.7. The summed E-state index contributed by atoms with van der Waals surface area (Å²) >= 11 is 0. The highest BCUT2D eigenvalue weighted by Crippen LogP contribution is 2.65. The number of carbonyl (C=O) groups is 1. The number of hydrogen-bond acceptors (Lipinski definition) is 4. The van der Waals surface area contributed by atoms with Crippen molar-refractivity contribution in [2.45, 2.75) is 97.1 Å². The van der Waals surface area contributed by atoms with Gasteiger partial charge in [-0.15, -0.1) is 0 Å². The molecule has 2 heterocycles. The van der Waals surface area contributed by atoms with E-state index >= 15 is 0 Å². The fourth-order valence-electron chi connectivity index (χ4n) is 8.72. The van der Waals surface area contributed by atoms with Crippen molar-refractivity contribution in [3.63, 3.8) is 0 Å². The van der Waals surface area contributed by atoms with Gasteiger partial charge in [0.1, 0.15) is 6.10 Å². The minimum Gasteiger partial charge on any atom is -0.463 e. The monoisotopic (exact) mass is 435 g/mol. The molecule has 2 aromatic heterocycles. The van der Waals surface area contributed by atoms with E-state index in [-0.39, 0.29) is 17.5 Å². The Kier molecular flexibility index (Phi) is 4.55. The first-order valence-corrected chi connectivity index (χ1v) is 12.9. The highest BCUT2D eigenvalue weighted by atomic mass is 16.5. The van der Waals surface area contributed by atoms with Crippen LogP contribution in [0.25, 0.3) is 11.0 Å². The third-order valence-corrected chi connectivity index (χ3v) is 10.3. The van der Waals surface area contributed by atoms with Gasteiger partial charge < -0.3 is 4.74 Å². The summed E-state index contributed by atoms with van der Waals surface area (Å²) in [5.41, 5.74) is 4.51. The molecule has 3 saturated carbocycles. The molecule has 5 heteroatoms. The molecule has 172 valence electrons. The highest BCUT2D eigenvalue weighted by Gasteiger charge is 2.59. The molecule has 4 aliphatic rings.